The van der Waals surface area contributed by atoms with Gasteiger partial charge in [0.25, 0.3) is 0 Å². The molecule has 36 heavy (non-hydrogen) atoms. The molecule has 1 aromatic carbocycles. The SMILES string of the molecule is CC(CC(C)(C)OOC(C)(C)C)OC(=O)c1ccc(C(=O)OC(C)CC(C)(C)OOC(C)(C)C)cc1. The third-order valence-corrected chi connectivity index (χ3v) is 4.57. The highest BCUT2D eigenvalue weighted by Gasteiger charge is 2.29. The number of hydrogen-bond donors (Lipinski definition) is 0. The summed E-state index contributed by atoms with van der Waals surface area (Å²) < 4.78 is 11.1. The van der Waals surface area contributed by atoms with Crippen LogP contribution < -0.4 is 0 Å². The lowest BCUT2D eigenvalue weighted by atomic mass is 10.0. The fraction of sp³-hybridized carbons (Fsp3) is 0.714. The summed E-state index contributed by atoms with van der Waals surface area (Å²) in [5, 5.41) is 0. The Labute approximate surface area is 216 Å². The molecule has 0 aliphatic rings. The van der Waals surface area contributed by atoms with Crippen molar-refractivity contribution in [1.82, 2.24) is 0 Å². The second-order valence-corrected chi connectivity index (χ2v) is 12.5. The summed E-state index contributed by atoms with van der Waals surface area (Å²) in [5.74, 6) is -0.970. The molecule has 0 radical (unpaired) electrons. The first-order valence-corrected chi connectivity index (χ1v) is 12.4. The van der Waals surface area contributed by atoms with Crippen LogP contribution in [0.1, 0.15) is 117 Å². The number of ether oxygens (including phenoxy) is 2. The molecule has 1 rings (SSSR count). The molecule has 2 unspecified atom stereocenters. The third-order valence-electron chi connectivity index (χ3n) is 4.57. The van der Waals surface area contributed by atoms with Crippen molar-refractivity contribution in [2.24, 2.45) is 0 Å². The minimum Gasteiger partial charge on any atom is -0.459 e. The Kier molecular flexibility index (Phi) is 11.1. The molecule has 8 nitrogen and oxygen atoms in total. The van der Waals surface area contributed by atoms with Gasteiger partial charge in [0.1, 0.15) is 23.4 Å². The minimum absolute atomic E-state index is 0.338. The Morgan fingerprint density at radius 2 is 0.861 bits per heavy atom. The smallest absolute Gasteiger partial charge is 0.338 e. The van der Waals surface area contributed by atoms with Crippen molar-refractivity contribution in [3.8, 4) is 0 Å². The fourth-order valence-corrected chi connectivity index (χ4v) is 3.26. The molecule has 2 atom stereocenters. The van der Waals surface area contributed by atoms with Gasteiger partial charge in [0.05, 0.1) is 22.3 Å². The number of rotatable bonds is 12. The molecule has 0 fully saturated rings. The van der Waals surface area contributed by atoms with E-state index in [1.54, 1.807) is 38.1 Å². The summed E-state index contributed by atoms with van der Waals surface area (Å²) in [5.41, 5.74) is -1.49. The zero-order chi connectivity index (χ0) is 27.9. The number of hydrogen-bond acceptors (Lipinski definition) is 8. The molecular weight excluding hydrogens is 464 g/mol. The van der Waals surface area contributed by atoms with E-state index < -0.39 is 46.6 Å². The molecular formula is C28H46O8. The number of benzene rings is 1. The lowest BCUT2D eigenvalue weighted by Gasteiger charge is -2.30. The quantitative estimate of drug-likeness (QED) is 0.176. The van der Waals surface area contributed by atoms with E-state index in [0.29, 0.717) is 24.0 Å². The predicted octanol–water partition coefficient (Wildman–Crippen LogP) is 6.61. The van der Waals surface area contributed by atoms with Gasteiger partial charge in [-0.1, -0.05) is 0 Å². The van der Waals surface area contributed by atoms with Gasteiger partial charge in [-0.3, -0.25) is 0 Å². The van der Waals surface area contributed by atoms with E-state index in [1.807, 2.05) is 69.2 Å². The summed E-state index contributed by atoms with van der Waals surface area (Å²) in [7, 11) is 0. The second kappa shape index (κ2) is 12.5. The maximum Gasteiger partial charge on any atom is 0.338 e. The van der Waals surface area contributed by atoms with Crippen LogP contribution in [0.2, 0.25) is 0 Å². The van der Waals surface area contributed by atoms with Gasteiger partial charge in [0.2, 0.25) is 0 Å². The summed E-state index contributed by atoms with van der Waals surface area (Å²) in [6.45, 7) is 22.4. The number of esters is 2. The monoisotopic (exact) mass is 510 g/mol. The molecule has 0 saturated carbocycles. The molecule has 0 spiro atoms. The van der Waals surface area contributed by atoms with Gasteiger partial charge in [-0.15, -0.1) is 0 Å². The van der Waals surface area contributed by atoms with Crippen molar-refractivity contribution in [2.45, 2.75) is 131 Å². The van der Waals surface area contributed by atoms with E-state index >= 15 is 0 Å². The normalized spacial score (nSPS) is 14.8. The van der Waals surface area contributed by atoms with E-state index in [0.717, 1.165) is 0 Å². The minimum atomic E-state index is -0.643. The van der Waals surface area contributed by atoms with Gasteiger partial charge in [-0.05, 0) is 107 Å². The largest absolute Gasteiger partial charge is 0.459 e. The van der Waals surface area contributed by atoms with Gasteiger partial charge in [-0.25, -0.2) is 29.1 Å². The molecule has 1 aromatic rings. The molecule has 0 aliphatic carbocycles. The highest BCUT2D eigenvalue weighted by atomic mass is 17.2. The molecule has 0 aliphatic heterocycles. The Hall–Kier alpha value is -2.00. The number of carbonyl (C=O) groups excluding carboxylic acids is 2. The molecule has 0 bridgehead atoms. The van der Waals surface area contributed by atoms with Crippen LogP contribution in [0.25, 0.3) is 0 Å². The number of carbonyl (C=O) groups is 2. The van der Waals surface area contributed by atoms with Gasteiger partial charge in [0, 0.05) is 12.8 Å². The van der Waals surface area contributed by atoms with Crippen LogP contribution in [0.4, 0.5) is 0 Å². The van der Waals surface area contributed by atoms with Gasteiger partial charge < -0.3 is 9.47 Å². The van der Waals surface area contributed by atoms with Crippen LogP contribution in [-0.4, -0.2) is 46.6 Å². The standard InChI is InChI=1S/C28H46O8/c1-19(17-27(9,10)35-33-25(3,4)5)31-23(29)21-13-15-22(16-14-21)24(30)32-20(2)18-28(11,12)36-34-26(6,7)8/h13-16,19-20H,17-18H2,1-12H3. The lowest BCUT2D eigenvalue weighted by molar-refractivity contribution is -0.399. The Bertz CT molecular complexity index is 773. The molecule has 8 heteroatoms. The molecule has 0 N–H and O–H groups in total. The zero-order valence-corrected chi connectivity index (χ0v) is 24.1. The zero-order valence-electron chi connectivity index (χ0n) is 24.1. The highest BCUT2D eigenvalue weighted by Crippen LogP contribution is 2.24. The van der Waals surface area contributed by atoms with E-state index in [-0.39, 0.29) is 0 Å². The van der Waals surface area contributed by atoms with Crippen molar-refractivity contribution < 1.29 is 38.6 Å². The van der Waals surface area contributed by atoms with E-state index in [4.69, 9.17) is 29.0 Å². The van der Waals surface area contributed by atoms with Crippen LogP contribution in [0.15, 0.2) is 24.3 Å². The average Bonchev–Trinajstić information content (AvgIpc) is 2.69. The molecule has 0 aromatic heterocycles. The summed E-state index contributed by atoms with van der Waals surface area (Å²) in [6, 6.07) is 6.19. The first kappa shape index (κ1) is 32.0. The van der Waals surface area contributed by atoms with Crippen LogP contribution in [0, 0.1) is 0 Å². The predicted molar refractivity (Wildman–Crippen MR) is 137 cm³/mol. The van der Waals surface area contributed by atoms with Crippen LogP contribution >= 0.6 is 0 Å². The van der Waals surface area contributed by atoms with Gasteiger partial charge >= 0.3 is 11.9 Å². The van der Waals surface area contributed by atoms with Crippen molar-refractivity contribution in [3.05, 3.63) is 35.4 Å². The molecule has 0 heterocycles. The molecule has 0 amide bonds. The average molecular weight is 511 g/mol. The Morgan fingerprint density at radius 1 is 0.583 bits per heavy atom. The van der Waals surface area contributed by atoms with E-state index in [1.165, 1.54) is 0 Å². The van der Waals surface area contributed by atoms with Crippen LogP contribution in [0.3, 0.4) is 0 Å². The maximum absolute atomic E-state index is 12.6. The second-order valence-electron chi connectivity index (χ2n) is 12.5. The first-order chi connectivity index (χ1) is 16.2. The van der Waals surface area contributed by atoms with Crippen LogP contribution in [0.5, 0.6) is 0 Å². The van der Waals surface area contributed by atoms with Crippen molar-refractivity contribution >= 4 is 11.9 Å². The summed E-state index contributed by atoms with van der Waals surface area (Å²) in [4.78, 5) is 47.0. The molecule has 206 valence electrons. The summed E-state index contributed by atoms with van der Waals surface area (Å²) >= 11 is 0. The van der Waals surface area contributed by atoms with Crippen molar-refractivity contribution in [3.63, 3.8) is 0 Å². The first-order valence-electron chi connectivity index (χ1n) is 12.4. The Balaban J connectivity index is 2.62. The third kappa shape index (κ3) is 13.3. The fourth-order valence-electron chi connectivity index (χ4n) is 3.26. The van der Waals surface area contributed by atoms with Gasteiger partial charge in [0.15, 0.2) is 0 Å². The van der Waals surface area contributed by atoms with Crippen LogP contribution in [-0.2, 0) is 29.0 Å². The van der Waals surface area contributed by atoms with E-state index in [2.05, 4.69) is 0 Å². The topological polar surface area (TPSA) is 89.5 Å². The Morgan fingerprint density at radius 3 is 1.11 bits per heavy atom. The molecule has 0 saturated heterocycles. The summed E-state index contributed by atoms with van der Waals surface area (Å²) in [6.07, 6.45) is 0.0689. The van der Waals surface area contributed by atoms with Gasteiger partial charge in [-0.2, -0.15) is 0 Å². The maximum atomic E-state index is 12.6. The van der Waals surface area contributed by atoms with Crippen molar-refractivity contribution in [2.75, 3.05) is 0 Å². The van der Waals surface area contributed by atoms with Crippen molar-refractivity contribution in [1.29, 1.82) is 0 Å². The lowest BCUT2D eigenvalue weighted by Crippen LogP contribution is -2.34. The highest BCUT2D eigenvalue weighted by molar-refractivity contribution is 5.93. The van der Waals surface area contributed by atoms with E-state index in [9.17, 15) is 9.59 Å².